The Balaban J connectivity index is 1.59. The van der Waals surface area contributed by atoms with Crippen LogP contribution in [0.2, 0.25) is 0 Å². The molecule has 7 heteroatoms. The normalized spacial score (nSPS) is 11.4. The van der Waals surface area contributed by atoms with Gasteiger partial charge >= 0.3 is 0 Å². The van der Waals surface area contributed by atoms with Crippen molar-refractivity contribution in [2.24, 2.45) is 0 Å². The highest BCUT2D eigenvalue weighted by atomic mass is 32.2. The van der Waals surface area contributed by atoms with Crippen molar-refractivity contribution in [2.45, 2.75) is 24.8 Å². The van der Waals surface area contributed by atoms with Crippen LogP contribution in [-0.2, 0) is 22.9 Å². The van der Waals surface area contributed by atoms with Crippen LogP contribution in [0.15, 0.2) is 71.8 Å². The smallest absolute Gasteiger partial charge is 0.175 e. The van der Waals surface area contributed by atoms with Crippen molar-refractivity contribution in [3.63, 3.8) is 0 Å². The lowest BCUT2D eigenvalue weighted by atomic mass is 10.1. The first-order valence-corrected chi connectivity index (χ1v) is 11.7. The van der Waals surface area contributed by atoms with Crippen molar-refractivity contribution in [3.8, 4) is 23.1 Å². The number of hydrogen-bond donors (Lipinski definition) is 0. The van der Waals surface area contributed by atoms with Crippen molar-refractivity contribution in [3.05, 3.63) is 83.7 Å². The zero-order valence-electron chi connectivity index (χ0n) is 17.2. The summed E-state index contributed by atoms with van der Waals surface area (Å²) in [5.74, 6) is 0.506. The molecule has 31 heavy (non-hydrogen) atoms. The third-order valence-corrected chi connectivity index (χ3v) is 6.15. The predicted molar refractivity (Wildman–Crippen MR) is 119 cm³/mol. The summed E-state index contributed by atoms with van der Waals surface area (Å²) in [5.41, 5.74) is 5.08. The molecule has 2 heterocycles. The van der Waals surface area contributed by atoms with Crippen LogP contribution in [0.25, 0.3) is 16.9 Å². The van der Waals surface area contributed by atoms with Gasteiger partial charge in [0.1, 0.15) is 18.4 Å². The first-order chi connectivity index (χ1) is 14.9. The number of imidazole rings is 1. The molecule has 0 amide bonds. The standard InChI is InChI=1S/C24H21N3O3S/c1-3-22-23(27-13-5-6-19(15-25)24(27)26-22)18-11-9-17(10-12-18)16-30-20-7-4-8-21(14-20)31(2,28)29/h4-14H,3,16H2,1-2H3. The Labute approximate surface area is 181 Å². The van der Waals surface area contributed by atoms with E-state index in [0.29, 0.717) is 23.6 Å². The molecule has 156 valence electrons. The van der Waals surface area contributed by atoms with E-state index in [1.165, 1.54) is 12.3 Å². The zero-order chi connectivity index (χ0) is 22.0. The van der Waals surface area contributed by atoms with Crippen LogP contribution in [0.1, 0.15) is 23.7 Å². The summed E-state index contributed by atoms with van der Waals surface area (Å²) in [6.07, 6.45) is 3.85. The van der Waals surface area contributed by atoms with Crippen LogP contribution in [0, 0.1) is 11.3 Å². The van der Waals surface area contributed by atoms with Crippen molar-refractivity contribution in [1.29, 1.82) is 5.26 Å². The Kier molecular flexibility index (Phi) is 5.49. The Hall–Kier alpha value is -3.63. The molecule has 0 aliphatic heterocycles. The maximum absolute atomic E-state index is 11.7. The number of nitrogens with zero attached hydrogens (tertiary/aromatic N) is 3. The Morgan fingerprint density at radius 1 is 1.10 bits per heavy atom. The molecule has 0 atom stereocenters. The molecular weight excluding hydrogens is 410 g/mol. The minimum absolute atomic E-state index is 0.233. The molecule has 6 nitrogen and oxygen atoms in total. The number of aryl methyl sites for hydroxylation is 1. The second kappa shape index (κ2) is 8.25. The van der Waals surface area contributed by atoms with Gasteiger partial charge in [-0.15, -0.1) is 0 Å². The summed E-state index contributed by atoms with van der Waals surface area (Å²) in [6, 6.07) is 20.3. The van der Waals surface area contributed by atoms with Crippen LogP contribution in [0.3, 0.4) is 0 Å². The lowest BCUT2D eigenvalue weighted by Crippen LogP contribution is -1.99. The fourth-order valence-corrected chi connectivity index (χ4v) is 4.13. The lowest BCUT2D eigenvalue weighted by Gasteiger charge is -2.09. The minimum Gasteiger partial charge on any atom is -0.489 e. The van der Waals surface area contributed by atoms with Gasteiger partial charge in [-0.2, -0.15) is 5.26 Å². The summed E-state index contributed by atoms with van der Waals surface area (Å²) < 4.78 is 31.2. The van der Waals surface area contributed by atoms with Gasteiger partial charge in [-0.1, -0.05) is 37.3 Å². The molecular formula is C24H21N3O3S. The van der Waals surface area contributed by atoms with E-state index in [4.69, 9.17) is 4.74 Å². The van der Waals surface area contributed by atoms with Gasteiger partial charge in [0.25, 0.3) is 0 Å². The van der Waals surface area contributed by atoms with Crippen molar-refractivity contribution < 1.29 is 13.2 Å². The number of aromatic nitrogens is 2. The molecule has 4 rings (SSSR count). The molecule has 2 aromatic heterocycles. The minimum atomic E-state index is -3.28. The van der Waals surface area contributed by atoms with E-state index >= 15 is 0 Å². The van der Waals surface area contributed by atoms with Crippen LogP contribution < -0.4 is 4.74 Å². The van der Waals surface area contributed by atoms with Crippen LogP contribution in [0.5, 0.6) is 5.75 Å². The third-order valence-electron chi connectivity index (χ3n) is 5.04. The Bertz CT molecular complexity index is 1400. The van der Waals surface area contributed by atoms with Crippen molar-refractivity contribution >= 4 is 15.5 Å². The highest BCUT2D eigenvalue weighted by molar-refractivity contribution is 7.90. The van der Waals surface area contributed by atoms with Gasteiger partial charge in [0.05, 0.1) is 21.8 Å². The number of hydrogen-bond acceptors (Lipinski definition) is 5. The molecule has 0 spiro atoms. The van der Waals surface area contributed by atoms with Gasteiger partial charge in [0.2, 0.25) is 0 Å². The van der Waals surface area contributed by atoms with E-state index in [2.05, 4.69) is 11.1 Å². The summed E-state index contributed by atoms with van der Waals surface area (Å²) >= 11 is 0. The average molecular weight is 432 g/mol. The molecule has 0 radical (unpaired) electrons. The quantitative estimate of drug-likeness (QED) is 0.451. The van der Waals surface area contributed by atoms with E-state index in [9.17, 15) is 13.7 Å². The summed E-state index contributed by atoms with van der Waals surface area (Å²) in [6.45, 7) is 2.37. The van der Waals surface area contributed by atoms with Crippen LogP contribution >= 0.6 is 0 Å². The molecule has 4 aromatic rings. The molecule has 2 aromatic carbocycles. The van der Waals surface area contributed by atoms with E-state index in [-0.39, 0.29) is 4.90 Å². The molecule has 0 N–H and O–H groups in total. The largest absolute Gasteiger partial charge is 0.489 e. The molecule has 0 unspecified atom stereocenters. The Morgan fingerprint density at radius 3 is 2.55 bits per heavy atom. The number of nitriles is 1. The SMILES string of the molecule is CCc1nc2c(C#N)cccn2c1-c1ccc(COc2cccc(S(C)(=O)=O)c2)cc1. The molecule has 0 aliphatic carbocycles. The lowest BCUT2D eigenvalue weighted by molar-refractivity contribution is 0.305. The van der Waals surface area contributed by atoms with Gasteiger partial charge < -0.3 is 4.74 Å². The highest BCUT2D eigenvalue weighted by Crippen LogP contribution is 2.28. The van der Waals surface area contributed by atoms with E-state index < -0.39 is 9.84 Å². The fraction of sp³-hybridized carbons (Fsp3) is 0.167. The van der Waals surface area contributed by atoms with Crippen LogP contribution in [-0.4, -0.2) is 24.1 Å². The van der Waals surface area contributed by atoms with Gasteiger partial charge in [0.15, 0.2) is 15.5 Å². The van der Waals surface area contributed by atoms with Gasteiger partial charge in [0, 0.05) is 18.0 Å². The maximum atomic E-state index is 11.7. The predicted octanol–water partition coefficient (Wildman–Crippen LogP) is 4.42. The number of pyridine rings is 1. The number of sulfone groups is 1. The molecule has 0 saturated carbocycles. The van der Waals surface area contributed by atoms with Crippen molar-refractivity contribution in [1.82, 2.24) is 9.38 Å². The van der Waals surface area contributed by atoms with E-state index in [0.717, 1.165) is 28.9 Å². The topological polar surface area (TPSA) is 84.5 Å². The first kappa shape index (κ1) is 20.6. The Morgan fingerprint density at radius 2 is 1.87 bits per heavy atom. The number of benzene rings is 2. The van der Waals surface area contributed by atoms with Crippen molar-refractivity contribution in [2.75, 3.05) is 6.26 Å². The number of fused-ring (bicyclic) bond motifs is 1. The first-order valence-electron chi connectivity index (χ1n) is 9.83. The maximum Gasteiger partial charge on any atom is 0.175 e. The monoisotopic (exact) mass is 431 g/mol. The zero-order valence-corrected chi connectivity index (χ0v) is 18.1. The molecule has 0 aliphatic rings. The van der Waals surface area contributed by atoms with E-state index in [1.54, 1.807) is 24.3 Å². The highest BCUT2D eigenvalue weighted by Gasteiger charge is 2.15. The van der Waals surface area contributed by atoms with Gasteiger partial charge in [-0.3, -0.25) is 4.40 Å². The summed E-state index contributed by atoms with van der Waals surface area (Å²) in [4.78, 5) is 4.90. The second-order valence-electron chi connectivity index (χ2n) is 7.22. The summed E-state index contributed by atoms with van der Waals surface area (Å²) in [5, 5.41) is 9.38. The summed E-state index contributed by atoms with van der Waals surface area (Å²) in [7, 11) is -3.28. The van der Waals surface area contributed by atoms with Gasteiger partial charge in [-0.25, -0.2) is 13.4 Å². The second-order valence-corrected chi connectivity index (χ2v) is 9.24. The molecule has 0 fully saturated rings. The molecule has 0 bridgehead atoms. The third kappa shape index (κ3) is 4.16. The van der Waals surface area contributed by atoms with Crippen LogP contribution in [0.4, 0.5) is 0 Å². The molecule has 0 saturated heterocycles. The number of rotatable bonds is 6. The van der Waals surface area contributed by atoms with Gasteiger partial charge in [-0.05, 0) is 42.3 Å². The van der Waals surface area contributed by atoms with E-state index in [1.807, 2.05) is 47.9 Å². The average Bonchev–Trinajstić information content (AvgIpc) is 3.16. The fourth-order valence-electron chi connectivity index (χ4n) is 3.47. The number of ether oxygens (including phenoxy) is 1.